The minimum atomic E-state index is -1.85. The van der Waals surface area contributed by atoms with Crippen molar-refractivity contribution in [2.24, 2.45) is 5.41 Å². The standard InChI is InChI=1S/C20H36O2S2Si/c1-19(2,3)25(6,7)22-17-10-9-16(21)15(17)11-12-20(4,5)18-23-13-8-14-24-18/h11,17-18H,8-10,12-14H2,1-7H3/b15-11+/t17-/m1/s1. The molecule has 2 rings (SSSR count). The normalized spacial score (nSPS) is 25.8. The molecule has 1 aliphatic heterocycles. The molecule has 1 atom stereocenters. The van der Waals surface area contributed by atoms with E-state index in [9.17, 15) is 4.79 Å². The number of hydrogen-bond acceptors (Lipinski definition) is 4. The van der Waals surface area contributed by atoms with E-state index in [0.29, 0.717) is 16.8 Å². The molecule has 0 aromatic heterocycles. The third-order valence-electron chi connectivity index (χ3n) is 5.86. The lowest BCUT2D eigenvalue weighted by atomic mass is 9.90. The molecule has 1 saturated heterocycles. The van der Waals surface area contributed by atoms with Crippen molar-refractivity contribution in [2.75, 3.05) is 11.5 Å². The van der Waals surface area contributed by atoms with Crippen LogP contribution in [0.2, 0.25) is 18.1 Å². The first kappa shape index (κ1) is 21.6. The summed E-state index contributed by atoms with van der Waals surface area (Å²) in [6, 6.07) is 0. The summed E-state index contributed by atoms with van der Waals surface area (Å²) < 4.78 is 7.23. The van der Waals surface area contributed by atoms with Gasteiger partial charge in [-0.05, 0) is 54.3 Å². The lowest BCUT2D eigenvalue weighted by molar-refractivity contribution is -0.114. The van der Waals surface area contributed by atoms with Gasteiger partial charge in [0.25, 0.3) is 0 Å². The summed E-state index contributed by atoms with van der Waals surface area (Å²) >= 11 is 4.18. The number of ketones is 1. The topological polar surface area (TPSA) is 26.3 Å². The Balaban J connectivity index is 2.09. The number of carbonyl (C=O) groups excluding carboxylic acids is 1. The van der Waals surface area contributed by atoms with Gasteiger partial charge in [-0.25, -0.2) is 0 Å². The molecular weight excluding hydrogens is 364 g/mol. The molecule has 1 aliphatic carbocycles. The number of hydrogen-bond donors (Lipinski definition) is 0. The highest BCUT2D eigenvalue weighted by atomic mass is 32.2. The van der Waals surface area contributed by atoms with Crippen LogP contribution in [-0.2, 0) is 9.22 Å². The highest BCUT2D eigenvalue weighted by Crippen LogP contribution is 2.45. The van der Waals surface area contributed by atoms with E-state index < -0.39 is 8.32 Å². The summed E-state index contributed by atoms with van der Waals surface area (Å²) in [6.07, 6.45) is 6.06. The number of allylic oxidation sites excluding steroid dienone is 1. The van der Waals surface area contributed by atoms with Crippen molar-refractivity contribution < 1.29 is 9.22 Å². The first-order valence-electron chi connectivity index (χ1n) is 9.58. The van der Waals surface area contributed by atoms with Crippen molar-refractivity contribution in [3.63, 3.8) is 0 Å². The first-order valence-corrected chi connectivity index (χ1v) is 14.6. The average Bonchev–Trinajstić information content (AvgIpc) is 2.85. The molecule has 0 aromatic rings. The Morgan fingerprint density at radius 3 is 2.32 bits per heavy atom. The van der Waals surface area contributed by atoms with Crippen LogP contribution in [0, 0.1) is 5.41 Å². The lowest BCUT2D eigenvalue weighted by Gasteiger charge is -2.39. The molecule has 0 spiro atoms. The van der Waals surface area contributed by atoms with Crippen LogP contribution >= 0.6 is 23.5 Å². The molecular formula is C20H36O2S2Si. The SMILES string of the molecule is CC(C)(C/C=C1\C(=O)CC[C@H]1O[Si](C)(C)C(C)(C)C)C1SCCCS1. The molecule has 144 valence electrons. The van der Waals surface area contributed by atoms with E-state index in [1.165, 1.54) is 17.9 Å². The zero-order valence-electron chi connectivity index (χ0n) is 17.1. The first-order chi connectivity index (χ1) is 11.4. The number of Topliss-reactive ketones (excluding diaryl/α,β-unsaturated/α-hetero) is 1. The summed E-state index contributed by atoms with van der Waals surface area (Å²) in [5, 5.41) is 0.179. The van der Waals surface area contributed by atoms with Gasteiger partial charge in [0.2, 0.25) is 0 Å². The predicted molar refractivity (Wildman–Crippen MR) is 116 cm³/mol. The zero-order chi connectivity index (χ0) is 18.9. The van der Waals surface area contributed by atoms with Crippen molar-refractivity contribution in [3.8, 4) is 0 Å². The Bertz CT molecular complexity index is 514. The molecule has 0 bridgehead atoms. The highest BCUT2D eigenvalue weighted by Gasteiger charge is 2.42. The van der Waals surface area contributed by atoms with Crippen LogP contribution in [0.25, 0.3) is 0 Å². The van der Waals surface area contributed by atoms with Crippen LogP contribution in [0.5, 0.6) is 0 Å². The zero-order valence-corrected chi connectivity index (χ0v) is 19.7. The molecule has 2 fully saturated rings. The minimum Gasteiger partial charge on any atom is -0.410 e. The smallest absolute Gasteiger partial charge is 0.192 e. The van der Waals surface area contributed by atoms with Crippen molar-refractivity contribution >= 4 is 37.6 Å². The van der Waals surface area contributed by atoms with Crippen molar-refractivity contribution in [1.29, 1.82) is 0 Å². The van der Waals surface area contributed by atoms with Crippen LogP contribution < -0.4 is 0 Å². The molecule has 0 radical (unpaired) electrons. The van der Waals surface area contributed by atoms with Crippen molar-refractivity contribution in [2.45, 2.75) is 89.1 Å². The summed E-state index contributed by atoms with van der Waals surface area (Å²) in [5.74, 6) is 2.85. The molecule has 5 heteroatoms. The lowest BCUT2D eigenvalue weighted by Crippen LogP contribution is -2.43. The van der Waals surface area contributed by atoms with E-state index in [1.54, 1.807) is 0 Å². The Kier molecular flexibility index (Phi) is 7.01. The predicted octanol–water partition coefficient (Wildman–Crippen LogP) is 6.28. The molecule has 1 heterocycles. The summed E-state index contributed by atoms with van der Waals surface area (Å²) in [5.41, 5.74) is 1.18. The van der Waals surface area contributed by atoms with E-state index in [2.05, 4.69) is 77.3 Å². The van der Waals surface area contributed by atoms with Gasteiger partial charge < -0.3 is 4.43 Å². The van der Waals surface area contributed by atoms with Gasteiger partial charge in [0.15, 0.2) is 14.1 Å². The fourth-order valence-corrected chi connectivity index (χ4v) is 7.65. The molecule has 2 nitrogen and oxygen atoms in total. The van der Waals surface area contributed by atoms with Gasteiger partial charge in [0.1, 0.15) is 0 Å². The van der Waals surface area contributed by atoms with Crippen LogP contribution in [0.4, 0.5) is 0 Å². The fraction of sp³-hybridized carbons (Fsp3) is 0.850. The molecule has 2 aliphatic rings. The molecule has 25 heavy (non-hydrogen) atoms. The van der Waals surface area contributed by atoms with Crippen LogP contribution in [0.1, 0.15) is 60.3 Å². The van der Waals surface area contributed by atoms with Crippen molar-refractivity contribution in [1.82, 2.24) is 0 Å². The maximum absolute atomic E-state index is 12.5. The van der Waals surface area contributed by atoms with Gasteiger partial charge in [0, 0.05) is 12.0 Å². The maximum atomic E-state index is 12.5. The minimum absolute atomic E-state index is 0.0239. The number of thioether (sulfide) groups is 2. The van der Waals surface area contributed by atoms with Gasteiger partial charge in [-0.1, -0.05) is 40.7 Å². The summed E-state index contributed by atoms with van der Waals surface area (Å²) in [7, 11) is -1.85. The monoisotopic (exact) mass is 400 g/mol. The van der Waals surface area contributed by atoms with E-state index in [1.807, 2.05) is 0 Å². The Hall–Kier alpha value is 0.287. The molecule has 0 aromatic carbocycles. The van der Waals surface area contributed by atoms with Crippen LogP contribution in [0.15, 0.2) is 11.6 Å². The molecule has 0 unspecified atom stereocenters. The van der Waals surface area contributed by atoms with Gasteiger partial charge in [-0.15, -0.1) is 23.5 Å². The maximum Gasteiger partial charge on any atom is 0.192 e. The van der Waals surface area contributed by atoms with Gasteiger partial charge in [-0.3, -0.25) is 4.79 Å². The van der Waals surface area contributed by atoms with E-state index in [0.717, 1.165) is 18.4 Å². The number of carbonyl (C=O) groups is 1. The quantitative estimate of drug-likeness (QED) is 0.401. The summed E-state index contributed by atoms with van der Waals surface area (Å²) in [6.45, 7) is 16.1. The molecule has 0 amide bonds. The number of rotatable bonds is 5. The van der Waals surface area contributed by atoms with Gasteiger partial charge in [-0.2, -0.15) is 0 Å². The van der Waals surface area contributed by atoms with Crippen LogP contribution in [0.3, 0.4) is 0 Å². The average molecular weight is 401 g/mol. The van der Waals surface area contributed by atoms with Gasteiger partial charge >= 0.3 is 0 Å². The Morgan fingerprint density at radius 2 is 1.76 bits per heavy atom. The van der Waals surface area contributed by atoms with E-state index in [4.69, 9.17) is 4.43 Å². The van der Waals surface area contributed by atoms with Crippen molar-refractivity contribution in [3.05, 3.63) is 11.6 Å². The largest absolute Gasteiger partial charge is 0.410 e. The Labute approximate surface area is 164 Å². The third-order valence-corrected chi connectivity index (χ3v) is 14.1. The molecule has 1 saturated carbocycles. The Morgan fingerprint density at radius 1 is 1.16 bits per heavy atom. The van der Waals surface area contributed by atoms with Gasteiger partial charge in [0.05, 0.1) is 10.7 Å². The fourth-order valence-electron chi connectivity index (χ4n) is 3.05. The second-order valence-corrected chi connectivity index (χ2v) is 17.1. The highest BCUT2D eigenvalue weighted by molar-refractivity contribution is 8.17. The van der Waals surface area contributed by atoms with E-state index >= 15 is 0 Å². The molecule has 0 N–H and O–H groups in total. The van der Waals surface area contributed by atoms with E-state index in [-0.39, 0.29) is 16.6 Å². The third kappa shape index (κ3) is 5.39. The second-order valence-electron chi connectivity index (χ2n) is 9.61. The summed E-state index contributed by atoms with van der Waals surface area (Å²) in [4.78, 5) is 12.5. The second kappa shape index (κ2) is 8.11. The van der Waals surface area contributed by atoms with Crippen LogP contribution in [-0.4, -0.2) is 36.3 Å².